The Kier molecular flexibility index (Phi) is 4.82. The number of halogens is 1. The Morgan fingerprint density at radius 2 is 2.32 bits per heavy atom. The summed E-state index contributed by atoms with van der Waals surface area (Å²) in [6, 6.07) is 6.01. The van der Waals surface area contributed by atoms with Gasteiger partial charge in [-0.2, -0.15) is 0 Å². The molecule has 1 aliphatic heterocycles. The van der Waals surface area contributed by atoms with E-state index >= 15 is 0 Å². The zero-order chi connectivity index (χ0) is 13.8. The van der Waals surface area contributed by atoms with Gasteiger partial charge < -0.3 is 15.4 Å². The summed E-state index contributed by atoms with van der Waals surface area (Å²) in [5.74, 6) is 1.38. The van der Waals surface area contributed by atoms with Crippen molar-refractivity contribution in [2.24, 2.45) is 11.7 Å². The van der Waals surface area contributed by atoms with E-state index in [-0.39, 0.29) is 5.91 Å². The highest BCUT2D eigenvalue weighted by molar-refractivity contribution is 9.10. The molecule has 1 saturated heterocycles. The SMILES string of the molecule is COc1ccc(CCN2CC(CN)CC2=O)cc1Br. The molecule has 2 rings (SSSR count). The molecule has 104 valence electrons. The fourth-order valence-electron chi connectivity index (χ4n) is 2.36. The van der Waals surface area contributed by atoms with E-state index in [0.29, 0.717) is 18.9 Å². The Bertz CT molecular complexity index is 465. The van der Waals surface area contributed by atoms with Crippen LogP contribution in [0, 0.1) is 5.92 Å². The normalized spacial score (nSPS) is 19.0. The molecule has 1 aromatic carbocycles. The van der Waals surface area contributed by atoms with E-state index in [4.69, 9.17) is 10.5 Å². The van der Waals surface area contributed by atoms with Gasteiger partial charge in [-0.25, -0.2) is 0 Å². The number of methoxy groups -OCH3 is 1. The van der Waals surface area contributed by atoms with Crippen molar-refractivity contribution >= 4 is 21.8 Å². The van der Waals surface area contributed by atoms with Crippen LogP contribution in [0.2, 0.25) is 0 Å². The number of ether oxygens (including phenoxy) is 1. The highest BCUT2D eigenvalue weighted by atomic mass is 79.9. The van der Waals surface area contributed by atoms with E-state index in [0.717, 1.165) is 29.7 Å². The molecule has 2 N–H and O–H groups in total. The van der Waals surface area contributed by atoms with Crippen molar-refractivity contribution in [3.63, 3.8) is 0 Å². The van der Waals surface area contributed by atoms with Crippen LogP contribution >= 0.6 is 15.9 Å². The molecule has 19 heavy (non-hydrogen) atoms. The van der Waals surface area contributed by atoms with Gasteiger partial charge in [0.2, 0.25) is 5.91 Å². The quantitative estimate of drug-likeness (QED) is 0.897. The minimum absolute atomic E-state index is 0.225. The Hall–Kier alpha value is -1.07. The van der Waals surface area contributed by atoms with Crippen LogP contribution in [0.3, 0.4) is 0 Å². The van der Waals surface area contributed by atoms with Crippen molar-refractivity contribution in [1.82, 2.24) is 4.90 Å². The molecule has 5 heteroatoms. The zero-order valence-electron chi connectivity index (χ0n) is 11.1. The molecule has 1 heterocycles. The van der Waals surface area contributed by atoms with Gasteiger partial charge >= 0.3 is 0 Å². The Morgan fingerprint density at radius 3 is 2.89 bits per heavy atom. The van der Waals surface area contributed by atoms with Crippen LogP contribution in [0.1, 0.15) is 12.0 Å². The van der Waals surface area contributed by atoms with Gasteiger partial charge in [0, 0.05) is 19.5 Å². The van der Waals surface area contributed by atoms with E-state index in [1.54, 1.807) is 7.11 Å². The summed E-state index contributed by atoms with van der Waals surface area (Å²) < 4.78 is 6.14. The van der Waals surface area contributed by atoms with Gasteiger partial charge in [0.15, 0.2) is 0 Å². The molecule has 1 aromatic rings. The average Bonchev–Trinajstić information content (AvgIpc) is 2.77. The molecule has 0 aliphatic carbocycles. The lowest BCUT2D eigenvalue weighted by Crippen LogP contribution is -2.28. The molecule has 1 amide bonds. The van der Waals surface area contributed by atoms with Gasteiger partial charge in [-0.15, -0.1) is 0 Å². The van der Waals surface area contributed by atoms with Crippen molar-refractivity contribution in [3.8, 4) is 5.75 Å². The Morgan fingerprint density at radius 1 is 1.53 bits per heavy atom. The predicted octanol–water partition coefficient (Wildman–Crippen LogP) is 1.81. The van der Waals surface area contributed by atoms with E-state index in [9.17, 15) is 4.79 Å². The maximum atomic E-state index is 11.8. The van der Waals surface area contributed by atoms with Crippen LogP contribution in [-0.2, 0) is 11.2 Å². The van der Waals surface area contributed by atoms with Crippen LogP contribution < -0.4 is 10.5 Å². The van der Waals surface area contributed by atoms with E-state index < -0.39 is 0 Å². The second-order valence-corrected chi connectivity index (χ2v) is 5.72. The second kappa shape index (κ2) is 6.39. The molecule has 1 fully saturated rings. The highest BCUT2D eigenvalue weighted by Crippen LogP contribution is 2.26. The first-order chi connectivity index (χ1) is 9.13. The first-order valence-corrected chi connectivity index (χ1v) is 7.23. The number of carbonyl (C=O) groups is 1. The summed E-state index contributed by atoms with van der Waals surface area (Å²) in [5, 5.41) is 0. The average molecular weight is 327 g/mol. The lowest BCUT2D eigenvalue weighted by molar-refractivity contribution is -0.127. The Balaban J connectivity index is 1.92. The molecule has 0 radical (unpaired) electrons. The maximum Gasteiger partial charge on any atom is 0.222 e. The summed E-state index contributed by atoms with van der Waals surface area (Å²) in [7, 11) is 1.65. The van der Waals surface area contributed by atoms with Gasteiger partial charge in [-0.1, -0.05) is 6.07 Å². The number of likely N-dealkylation sites (tertiary alicyclic amines) is 1. The van der Waals surface area contributed by atoms with Gasteiger partial charge in [-0.3, -0.25) is 4.79 Å². The number of carbonyl (C=O) groups excluding carboxylic acids is 1. The van der Waals surface area contributed by atoms with Crippen LogP contribution in [0.25, 0.3) is 0 Å². The monoisotopic (exact) mass is 326 g/mol. The summed E-state index contributed by atoms with van der Waals surface area (Å²) in [5.41, 5.74) is 6.81. The summed E-state index contributed by atoms with van der Waals surface area (Å²) >= 11 is 3.47. The number of nitrogens with two attached hydrogens (primary N) is 1. The summed E-state index contributed by atoms with van der Waals surface area (Å²) in [4.78, 5) is 13.7. The van der Waals surface area contributed by atoms with E-state index in [1.807, 2.05) is 23.1 Å². The molecule has 1 aliphatic rings. The van der Waals surface area contributed by atoms with Crippen molar-refractivity contribution in [2.75, 3.05) is 26.7 Å². The van der Waals surface area contributed by atoms with E-state index in [1.165, 1.54) is 5.56 Å². The Labute approximate surface area is 122 Å². The molecule has 1 atom stereocenters. The molecule has 4 nitrogen and oxygen atoms in total. The van der Waals surface area contributed by atoms with Gasteiger partial charge in [-0.05, 0) is 52.5 Å². The third-order valence-electron chi connectivity index (χ3n) is 3.51. The largest absolute Gasteiger partial charge is 0.496 e. The van der Waals surface area contributed by atoms with Crippen molar-refractivity contribution < 1.29 is 9.53 Å². The summed E-state index contributed by atoms with van der Waals surface area (Å²) in [6.45, 7) is 2.15. The van der Waals surface area contributed by atoms with Crippen LogP contribution in [-0.4, -0.2) is 37.6 Å². The third-order valence-corrected chi connectivity index (χ3v) is 4.13. The molecule has 0 saturated carbocycles. The van der Waals surface area contributed by atoms with Gasteiger partial charge in [0.05, 0.1) is 11.6 Å². The molecular weight excluding hydrogens is 308 g/mol. The number of hydrogen-bond acceptors (Lipinski definition) is 3. The number of benzene rings is 1. The number of amides is 1. The minimum atomic E-state index is 0.225. The van der Waals surface area contributed by atoms with Gasteiger partial charge in [0.1, 0.15) is 5.75 Å². The minimum Gasteiger partial charge on any atom is -0.496 e. The second-order valence-electron chi connectivity index (χ2n) is 4.86. The number of hydrogen-bond donors (Lipinski definition) is 1. The van der Waals surface area contributed by atoms with Crippen molar-refractivity contribution in [2.45, 2.75) is 12.8 Å². The van der Waals surface area contributed by atoms with Gasteiger partial charge in [0.25, 0.3) is 0 Å². The smallest absolute Gasteiger partial charge is 0.222 e. The van der Waals surface area contributed by atoms with Crippen molar-refractivity contribution in [1.29, 1.82) is 0 Å². The number of nitrogens with zero attached hydrogens (tertiary/aromatic N) is 1. The third kappa shape index (κ3) is 3.48. The molecule has 0 bridgehead atoms. The topological polar surface area (TPSA) is 55.6 Å². The molecule has 0 spiro atoms. The molecular formula is C14H19BrN2O2. The molecule has 0 aromatic heterocycles. The fraction of sp³-hybridized carbons (Fsp3) is 0.500. The standard InChI is InChI=1S/C14H19BrN2O2/c1-19-13-3-2-10(6-12(13)15)4-5-17-9-11(8-16)7-14(17)18/h2-3,6,11H,4-5,7-9,16H2,1H3. The first kappa shape index (κ1) is 14.3. The van der Waals surface area contributed by atoms with Crippen LogP contribution in [0.15, 0.2) is 22.7 Å². The lowest BCUT2D eigenvalue weighted by atomic mass is 10.1. The van der Waals surface area contributed by atoms with Crippen molar-refractivity contribution in [3.05, 3.63) is 28.2 Å². The zero-order valence-corrected chi connectivity index (χ0v) is 12.6. The lowest BCUT2D eigenvalue weighted by Gasteiger charge is -2.16. The van der Waals surface area contributed by atoms with Crippen LogP contribution in [0.4, 0.5) is 0 Å². The summed E-state index contributed by atoms with van der Waals surface area (Å²) in [6.07, 6.45) is 1.45. The van der Waals surface area contributed by atoms with E-state index in [2.05, 4.69) is 15.9 Å². The molecule has 1 unspecified atom stereocenters. The van der Waals surface area contributed by atoms with Crippen LogP contribution in [0.5, 0.6) is 5.75 Å². The first-order valence-electron chi connectivity index (χ1n) is 6.44. The fourth-order valence-corrected chi connectivity index (χ4v) is 2.95. The highest BCUT2D eigenvalue weighted by Gasteiger charge is 2.27. The number of rotatable bonds is 5. The predicted molar refractivity (Wildman–Crippen MR) is 78.1 cm³/mol. The maximum absolute atomic E-state index is 11.8.